The van der Waals surface area contributed by atoms with Crippen LogP contribution in [-0.4, -0.2) is 56.6 Å². The van der Waals surface area contributed by atoms with Crippen molar-refractivity contribution in [3.05, 3.63) is 64.7 Å². The number of halogens is 5. The zero-order valence-electron chi connectivity index (χ0n) is 16.2. The molecule has 0 saturated carbocycles. The summed E-state index contributed by atoms with van der Waals surface area (Å²) in [5, 5.41) is 0. The first-order valence-corrected chi connectivity index (χ1v) is 10.2. The van der Waals surface area contributed by atoms with E-state index in [-0.39, 0.29) is 31.7 Å². The van der Waals surface area contributed by atoms with Crippen LogP contribution in [-0.2, 0) is 17.4 Å². The molecule has 0 aliphatic carbocycles. The molecular formula is C19H16F5N3O4S. The number of rotatable bonds is 4. The standard InChI is InChI=1S/C19H16F5N3O4S/c20-13-2-1-3-14(21)16(13)18(29)27-8-6-26(7-9-27)17(28)11-4-5-15(25-32(30)31)12(10-11)19(22,23)24/h1-5,10,25H,6-9H2,(H,30,31). The molecule has 172 valence electrons. The van der Waals surface area contributed by atoms with Crippen molar-refractivity contribution in [2.75, 3.05) is 30.9 Å². The maximum atomic E-state index is 13.8. The normalized spacial score (nSPS) is 15.4. The number of carbonyl (C=O) groups excluding carboxylic acids is 2. The molecule has 2 N–H and O–H groups in total. The molecule has 0 spiro atoms. The predicted octanol–water partition coefficient (Wildman–Crippen LogP) is 3.13. The Balaban J connectivity index is 1.74. The third-order valence-electron chi connectivity index (χ3n) is 4.80. The monoisotopic (exact) mass is 477 g/mol. The molecule has 2 aromatic carbocycles. The van der Waals surface area contributed by atoms with Gasteiger partial charge in [0.05, 0.1) is 11.3 Å². The van der Waals surface area contributed by atoms with E-state index in [0.717, 1.165) is 35.2 Å². The van der Waals surface area contributed by atoms with Gasteiger partial charge in [0.25, 0.3) is 23.1 Å². The van der Waals surface area contributed by atoms with Crippen LogP contribution in [0.4, 0.5) is 27.6 Å². The summed E-state index contributed by atoms with van der Waals surface area (Å²) in [6.45, 7) is -0.285. The summed E-state index contributed by atoms with van der Waals surface area (Å²) >= 11 is -2.75. The summed E-state index contributed by atoms with van der Waals surface area (Å²) < 4.78 is 89.0. The van der Waals surface area contributed by atoms with Crippen molar-refractivity contribution >= 4 is 28.8 Å². The number of alkyl halides is 3. The molecule has 1 heterocycles. The minimum Gasteiger partial charge on any atom is -0.335 e. The number of nitrogens with zero attached hydrogens (tertiary/aromatic N) is 2. The number of amides is 2. The number of anilines is 1. The highest BCUT2D eigenvalue weighted by Gasteiger charge is 2.35. The third kappa shape index (κ3) is 5.05. The molecule has 0 aromatic heterocycles. The van der Waals surface area contributed by atoms with Crippen molar-refractivity contribution in [1.82, 2.24) is 9.80 Å². The van der Waals surface area contributed by atoms with Crippen molar-refractivity contribution in [1.29, 1.82) is 0 Å². The van der Waals surface area contributed by atoms with Crippen LogP contribution in [0.3, 0.4) is 0 Å². The number of hydrogen-bond acceptors (Lipinski definition) is 3. The molecule has 1 aliphatic heterocycles. The Morgan fingerprint density at radius 3 is 1.97 bits per heavy atom. The van der Waals surface area contributed by atoms with Gasteiger partial charge >= 0.3 is 6.18 Å². The fourth-order valence-electron chi connectivity index (χ4n) is 3.25. The quantitative estimate of drug-likeness (QED) is 0.523. The van der Waals surface area contributed by atoms with Crippen molar-refractivity contribution in [3.63, 3.8) is 0 Å². The van der Waals surface area contributed by atoms with Crippen LogP contribution in [0.2, 0.25) is 0 Å². The summed E-state index contributed by atoms with van der Waals surface area (Å²) in [6, 6.07) is 5.50. The topological polar surface area (TPSA) is 89.9 Å². The molecule has 1 unspecified atom stereocenters. The molecule has 2 amide bonds. The van der Waals surface area contributed by atoms with Gasteiger partial charge in [0.1, 0.15) is 17.2 Å². The molecule has 32 heavy (non-hydrogen) atoms. The van der Waals surface area contributed by atoms with E-state index in [1.807, 2.05) is 0 Å². The van der Waals surface area contributed by atoms with Crippen LogP contribution in [0.5, 0.6) is 0 Å². The first-order chi connectivity index (χ1) is 15.0. The highest BCUT2D eigenvalue weighted by Crippen LogP contribution is 2.36. The van der Waals surface area contributed by atoms with E-state index >= 15 is 0 Å². The molecule has 1 aliphatic rings. The summed E-state index contributed by atoms with van der Waals surface area (Å²) in [7, 11) is 0. The first kappa shape index (κ1) is 23.6. The minimum atomic E-state index is -4.90. The van der Waals surface area contributed by atoms with E-state index in [2.05, 4.69) is 0 Å². The third-order valence-corrected chi connectivity index (χ3v) is 5.19. The summed E-state index contributed by atoms with van der Waals surface area (Å²) in [5.74, 6) is -3.69. The lowest BCUT2D eigenvalue weighted by molar-refractivity contribution is -0.136. The maximum absolute atomic E-state index is 13.8. The molecular weight excluding hydrogens is 461 g/mol. The largest absolute Gasteiger partial charge is 0.418 e. The van der Waals surface area contributed by atoms with Gasteiger partial charge in [-0.1, -0.05) is 6.07 Å². The number of hydrogen-bond donors (Lipinski definition) is 2. The van der Waals surface area contributed by atoms with Gasteiger partial charge in [-0.3, -0.25) is 18.9 Å². The zero-order chi connectivity index (χ0) is 23.6. The Morgan fingerprint density at radius 1 is 0.938 bits per heavy atom. The lowest BCUT2D eigenvalue weighted by atomic mass is 10.1. The van der Waals surface area contributed by atoms with Gasteiger partial charge < -0.3 is 9.80 Å². The number of benzene rings is 2. The van der Waals surface area contributed by atoms with Crippen LogP contribution >= 0.6 is 0 Å². The van der Waals surface area contributed by atoms with Crippen LogP contribution < -0.4 is 4.72 Å². The Morgan fingerprint density at radius 2 is 1.47 bits per heavy atom. The van der Waals surface area contributed by atoms with Gasteiger partial charge in [0.15, 0.2) is 0 Å². The molecule has 0 bridgehead atoms. The molecule has 1 fully saturated rings. The van der Waals surface area contributed by atoms with Gasteiger partial charge in [-0.25, -0.2) is 13.0 Å². The van der Waals surface area contributed by atoms with Gasteiger partial charge in [0.2, 0.25) is 0 Å². The van der Waals surface area contributed by atoms with E-state index in [9.17, 15) is 35.8 Å². The first-order valence-electron chi connectivity index (χ1n) is 9.10. The molecule has 1 atom stereocenters. The van der Waals surface area contributed by atoms with Crippen LogP contribution in [0.1, 0.15) is 26.3 Å². The molecule has 2 aromatic rings. The molecule has 1 saturated heterocycles. The van der Waals surface area contributed by atoms with Crippen molar-refractivity contribution in [2.24, 2.45) is 0 Å². The van der Waals surface area contributed by atoms with Crippen LogP contribution in [0.25, 0.3) is 0 Å². The van der Waals surface area contributed by atoms with E-state index < -0.39 is 57.7 Å². The van der Waals surface area contributed by atoms with Crippen molar-refractivity contribution < 1.29 is 40.3 Å². The summed E-state index contributed by atoms with van der Waals surface area (Å²) in [4.78, 5) is 27.5. The van der Waals surface area contributed by atoms with Crippen molar-refractivity contribution in [3.8, 4) is 0 Å². The van der Waals surface area contributed by atoms with Crippen LogP contribution in [0, 0.1) is 11.6 Å². The van der Waals surface area contributed by atoms with E-state index in [1.54, 1.807) is 4.72 Å². The second-order valence-corrected chi connectivity index (χ2v) is 7.49. The highest BCUT2D eigenvalue weighted by atomic mass is 32.2. The molecule has 13 heteroatoms. The molecule has 7 nitrogen and oxygen atoms in total. The second kappa shape index (κ2) is 9.20. The molecule has 0 radical (unpaired) electrons. The van der Waals surface area contributed by atoms with E-state index in [0.29, 0.717) is 6.07 Å². The Kier molecular flexibility index (Phi) is 6.79. The SMILES string of the molecule is O=C(c1ccc(NS(=O)O)c(C(F)(F)F)c1)N1CCN(C(=O)c2c(F)cccc2F)CC1. The summed E-state index contributed by atoms with van der Waals surface area (Å²) in [5.41, 5.74) is -3.00. The van der Waals surface area contributed by atoms with Gasteiger partial charge in [0, 0.05) is 31.7 Å². The van der Waals surface area contributed by atoms with Crippen LogP contribution in [0.15, 0.2) is 36.4 Å². The van der Waals surface area contributed by atoms with Gasteiger partial charge in [-0.2, -0.15) is 13.2 Å². The second-order valence-electron chi connectivity index (χ2n) is 6.79. The van der Waals surface area contributed by atoms with E-state index in [4.69, 9.17) is 4.55 Å². The Bertz CT molecular complexity index is 1050. The Hall–Kier alpha value is -3.06. The van der Waals surface area contributed by atoms with E-state index in [1.165, 1.54) is 4.90 Å². The fraction of sp³-hybridized carbons (Fsp3) is 0.263. The van der Waals surface area contributed by atoms with Crippen molar-refractivity contribution in [2.45, 2.75) is 6.18 Å². The summed E-state index contributed by atoms with van der Waals surface area (Å²) in [6.07, 6.45) is -4.90. The maximum Gasteiger partial charge on any atom is 0.418 e. The number of carbonyl (C=O) groups is 2. The van der Waals surface area contributed by atoms with Gasteiger partial charge in [-0.05, 0) is 30.3 Å². The lowest BCUT2D eigenvalue weighted by Crippen LogP contribution is -2.50. The Labute approximate surface area is 181 Å². The van der Waals surface area contributed by atoms with Gasteiger partial charge in [-0.15, -0.1) is 0 Å². The number of nitrogens with one attached hydrogen (secondary N) is 1. The molecule has 3 rings (SSSR count). The minimum absolute atomic E-state index is 0.0668. The average Bonchev–Trinajstić information content (AvgIpc) is 2.72. The fourth-order valence-corrected chi connectivity index (χ4v) is 3.62. The zero-order valence-corrected chi connectivity index (χ0v) is 17.0. The number of piperazine rings is 1. The predicted molar refractivity (Wildman–Crippen MR) is 104 cm³/mol. The smallest absolute Gasteiger partial charge is 0.335 e. The highest BCUT2D eigenvalue weighted by molar-refractivity contribution is 7.80. The lowest BCUT2D eigenvalue weighted by Gasteiger charge is -2.35. The average molecular weight is 477 g/mol.